The van der Waals surface area contributed by atoms with Crippen molar-refractivity contribution in [3.05, 3.63) is 217 Å². The number of aromatic nitrogens is 1. The van der Waals surface area contributed by atoms with Gasteiger partial charge in [0.1, 0.15) is 0 Å². The van der Waals surface area contributed by atoms with E-state index in [1.165, 1.54) is 49.3 Å². The highest BCUT2D eigenvalue weighted by Gasteiger charge is 2.29. The summed E-state index contributed by atoms with van der Waals surface area (Å²) in [7, 11) is 0. The van der Waals surface area contributed by atoms with Crippen LogP contribution < -0.4 is 10.2 Å². The van der Waals surface area contributed by atoms with Gasteiger partial charge in [-0.1, -0.05) is 152 Å². The van der Waals surface area contributed by atoms with Crippen molar-refractivity contribution in [2.45, 2.75) is 6.04 Å². The van der Waals surface area contributed by atoms with E-state index in [0.29, 0.717) is 0 Å². The van der Waals surface area contributed by atoms with Crippen LogP contribution in [0.15, 0.2) is 211 Å². The van der Waals surface area contributed by atoms with E-state index in [4.69, 9.17) is 4.99 Å². The van der Waals surface area contributed by atoms with Gasteiger partial charge in [-0.3, -0.25) is 0 Å². The van der Waals surface area contributed by atoms with Crippen LogP contribution >= 0.6 is 0 Å². The molecule has 4 nitrogen and oxygen atoms in total. The third kappa shape index (κ3) is 4.98. The second-order valence-electron chi connectivity index (χ2n) is 15.2. The molecule has 9 aromatic rings. The summed E-state index contributed by atoms with van der Waals surface area (Å²) in [6.07, 6.45) is 8.43. The molecular formula is C54H36N4. The van der Waals surface area contributed by atoms with Gasteiger partial charge in [0, 0.05) is 38.8 Å². The minimum Gasteiger partial charge on any atom is -0.371 e. The van der Waals surface area contributed by atoms with Gasteiger partial charge >= 0.3 is 0 Å². The van der Waals surface area contributed by atoms with Crippen LogP contribution in [0, 0.1) is 0 Å². The third-order valence-corrected chi connectivity index (χ3v) is 11.9. The van der Waals surface area contributed by atoms with Crippen molar-refractivity contribution in [1.82, 2.24) is 9.88 Å². The Kier molecular flexibility index (Phi) is 7.26. The van der Waals surface area contributed by atoms with Gasteiger partial charge in [0.2, 0.25) is 0 Å². The van der Waals surface area contributed by atoms with E-state index in [2.05, 4.69) is 221 Å². The normalized spacial score (nSPS) is 15.4. The number of rotatable bonds is 4. The number of fused-ring (bicyclic) bond motifs is 11. The molecule has 0 bridgehead atoms. The van der Waals surface area contributed by atoms with E-state index < -0.39 is 0 Å². The number of allylic oxidation sites excluding steroid dienone is 2. The maximum atomic E-state index is 5.27. The Labute approximate surface area is 336 Å². The molecule has 3 heterocycles. The Balaban J connectivity index is 1.13. The summed E-state index contributed by atoms with van der Waals surface area (Å²) in [4.78, 5) is 7.72. The van der Waals surface area contributed by atoms with Crippen molar-refractivity contribution in [3.8, 4) is 27.9 Å². The largest absolute Gasteiger partial charge is 0.371 e. The highest BCUT2D eigenvalue weighted by atomic mass is 15.2. The Bertz CT molecular complexity index is 3240. The number of anilines is 3. The standard InChI is InChI=1S/C54H36N4/c1-3-16-36(17-4-1)53-54(56-47-25-13-12-24-46(47)55-53)37-27-30-39(31-28-37)58-49-32-29-35-15-7-8-20-40(35)52(49)45-33-44-42-22-10-9-21-41(42)43-23-11-14-26-48(43)57(50(44)34-51(45)58)38-18-5-2-6-19-38/h1-34,46,55H. The van der Waals surface area contributed by atoms with Gasteiger partial charge in [-0.15, -0.1) is 0 Å². The van der Waals surface area contributed by atoms with Crippen molar-refractivity contribution in [3.63, 3.8) is 0 Å². The lowest BCUT2D eigenvalue weighted by Crippen LogP contribution is -2.37. The van der Waals surface area contributed by atoms with Crippen molar-refractivity contribution >= 4 is 66.7 Å². The molecule has 12 rings (SSSR count). The first kappa shape index (κ1) is 32.5. The zero-order chi connectivity index (χ0) is 38.2. The van der Waals surface area contributed by atoms with E-state index in [0.717, 1.165) is 56.5 Å². The van der Waals surface area contributed by atoms with Crippen LogP contribution in [0.3, 0.4) is 0 Å². The van der Waals surface area contributed by atoms with Gasteiger partial charge in [0.25, 0.3) is 0 Å². The summed E-state index contributed by atoms with van der Waals surface area (Å²) >= 11 is 0. The molecule has 58 heavy (non-hydrogen) atoms. The predicted octanol–water partition coefficient (Wildman–Crippen LogP) is 13.4. The minimum absolute atomic E-state index is 0.0418. The molecule has 4 heteroatoms. The first-order valence-electron chi connectivity index (χ1n) is 19.9. The first-order valence-corrected chi connectivity index (χ1v) is 19.9. The quantitative estimate of drug-likeness (QED) is 0.195. The van der Waals surface area contributed by atoms with Crippen molar-refractivity contribution < 1.29 is 0 Å². The summed E-state index contributed by atoms with van der Waals surface area (Å²) in [5, 5.41) is 8.75. The van der Waals surface area contributed by atoms with Gasteiger partial charge < -0.3 is 14.8 Å². The number of hydrogen-bond donors (Lipinski definition) is 1. The van der Waals surface area contributed by atoms with Crippen molar-refractivity contribution in [1.29, 1.82) is 0 Å². The predicted molar refractivity (Wildman–Crippen MR) is 243 cm³/mol. The molecule has 8 aromatic carbocycles. The second-order valence-corrected chi connectivity index (χ2v) is 15.2. The molecule has 1 aromatic heterocycles. The van der Waals surface area contributed by atoms with Crippen LogP contribution in [0.1, 0.15) is 11.1 Å². The zero-order valence-electron chi connectivity index (χ0n) is 31.5. The highest BCUT2D eigenvalue weighted by Crippen LogP contribution is 2.53. The van der Waals surface area contributed by atoms with Gasteiger partial charge in [-0.2, -0.15) is 0 Å². The second kappa shape index (κ2) is 12.9. The Morgan fingerprint density at radius 1 is 0.483 bits per heavy atom. The Morgan fingerprint density at radius 2 is 1.19 bits per heavy atom. The molecule has 272 valence electrons. The Hall–Kier alpha value is -7.69. The molecule has 0 amide bonds. The summed E-state index contributed by atoms with van der Waals surface area (Å²) in [6.45, 7) is 0. The highest BCUT2D eigenvalue weighted by molar-refractivity contribution is 6.23. The molecule has 3 aliphatic rings. The van der Waals surface area contributed by atoms with E-state index in [1.807, 2.05) is 0 Å². The molecule has 0 fully saturated rings. The smallest absolute Gasteiger partial charge is 0.0944 e. The van der Waals surface area contributed by atoms with Crippen LogP contribution in [0.25, 0.3) is 71.9 Å². The van der Waals surface area contributed by atoms with Crippen molar-refractivity contribution in [2.75, 3.05) is 4.90 Å². The molecule has 0 spiro atoms. The average molecular weight is 741 g/mol. The SMILES string of the molecule is C1=CC2=NC(c3ccc(-n4c5cc6c(cc5c5c7ccccc7ccc54)-c4ccccc4-c4ccccc4N6c4ccccc4)cc3)=C(c3ccccc3)NC2C=C1. The lowest BCUT2D eigenvalue weighted by molar-refractivity contribution is 0.882. The lowest BCUT2D eigenvalue weighted by Gasteiger charge is -2.28. The van der Waals surface area contributed by atoms with E-state index in [9.17, 15) is 0 Å². The number of hydrogen-bond acceptors (Lipinski definition) is 3. The molecule has 1 N–H and O–H groups in total. The van der Waals surface area contributed by atoms with Gasteiger partial charge in [-0.25, -0.2) is 4.99 Å². The van der Waals surface area contributed by atoms with Crippen LogP contribution in [0.2, 0.25) is 0 Å². The number of nitrogens with one attached hydrogen (secondary N) is 1. The maximum Gasteiger partial charge on any atom is 0.0944 e. The number of para-hydroxylation sites is 2. The minimum atomic E-state index is 0.0418. The number of aliphatic imine (C=N–C) groups is 1. The fourth-order valence-electron chi connectivity index (χ4n) is 9.31. The fraction of sp³-hybridized carbons (Fsp3) is 0.0185. The fourth-order valence-corrected chi connectivity index (χ4v) is 9.31. The van der Waals surface area contributed by atoms with Crippen molar-refractivity contribution in [2.24, 2.45) is 4.99 Å². The van der Waals surface area contributed by atoms with Gasteiger partial charge in [-0.05, 0) is 82.1 Å². The Morgan fingerprint density at radius 3 is 2.02 bits per heavy atom. The average Bonchev–Trinajstić information content (AvgIpc) is 3.57. The monoisotopic (exact) mass is 740 g/mol. The molecule has 1 atom stereocenters. The molecular weight excluding hydrogens is 705 g/mol. The zero-order valence-corrected chi connectivity index (χ0v) is 31.5. The molecule has 0 saturated heterocycles. The third-order valence-electron chi connectivity index (χ3n) is 11.9. The van der Waals surface area contributed by atoms with Gasteiger partial charge in [0.05, 0.1) is 45.6 Å². The molecule has 0 saturated carbocycles. The number of nitrogens with zero attached hydrogens (tertiary/aromatic N) is 3. The maximum absolute atomic E-state index is 5.27. The topological polar surface area (TPSA) is 32.6 Å². The first-order chi connectivity index (χ1) is 28.8. The summed E-state index contributed by atoms with van der Waals surface area (Å²) in [5.74, 6) is 0. The van der Waals surface area contributed by atoms with Crippen LogP contribution in [0.5, 0.6) is 0 Å². The summed E-state index contributed by atoms with van der Waals surface area (Å²) in [6, 6.07) is 66.2. The van der Waals surface area contributed by atoms with Gasteiger partial charge in [0.15, 0.2) is 0 Å². The molecule has 1 aliphatic carbocycles. The van der Waals surface area contributed by atoms with Crippen LogP contribution in [-0.4, -0.2) is 16.3 Å². The van der Waals surface area contributed by atoms with E-state index >= 15 is 0 Å². The number of benzene rings is 8. The van der Waals surface area contributed by atoms with Crippen LogP contribution in [0.4, 0.5) is 17.1 Å². The van der Waals surface area contributed by atoms with E-state index in [-0.39, 0.29) is 6.04 Å². The summed E-state index contributed by atoms with van der Waals surface area (Å²) < 4.78 is 2.45. The molecule has 1 unspecified atom stereocenters. The lowest BCUT2D eigenvalue weighted by atomic mass is 9.93. The molecule has 2 aliphatic heterocycles. The summed E-state index contributed by atoms with van der Waals surface area (Å²) in [5.41, 5.74) is 16.9. The van der Waals surface area contributed by atoms with Crippen LogP contribution in [-0.2, 0) is 0 Å². The molecule has 0 radical (unpaired) electrons. The van der Waals surface area contributed by atoms with E-state index in [1.54, 1.807) is 0 Å².